The molecule has 4 heteroatoms. The van der Waals surface area contributed by atoms with Gasteiger partial charge in [-0.05, 0) is 67.6 Å². The molecule has 0 aromatic heterocycles. The summed E-state index contributed by atoms with van der Waals surface area (Å²) in [6.45, 7) is 2.03. The van der Waals surface area contributed by atoms with Gasteiger partial charge >= 0.3 is 0 Å². The van der Waals surface area contributed by atoms with E-state index in [1.54, 1.807) is 24.3 Å². The summed E-state index contributed by atoms with van der Waals surface area (Å²) in [6, 6.07) is 21.9. The largest absolute Gasteiger partial charge is 0.457 e. The van der Waals surface area contributed by atoms with Gasteiger partial charge in [-0.3, -0.25) is 4.79 Å². The fourth-order valence-corrected chi connectivity index (χ4v) is 2.14. The second-order valence-electron chi connectivity index (χ2n) is 5.38. The number of hydrogen-bond acceptors (Lipinski definition) is 3. The predicted molar refractivity (Wildman–Crippen MR) is 92.7 cm³/mol. The van der Waals surface area contributed by atoms with Crippen LogP contribution in [0.5, 0.6) is 23.0 Å². The van der Waals surface area contributed by atoms with E-state index in [1.807, 2.05) is 55.5 Å². The van der Waals surface area contributed by atoms with Crippen molar-refractivity contribution in [1.29, 1.82) is 0 Å². The van der Waals surface area contributed by atoms with Gasteiger partial charge in [0.1, 0.15) is 23.0 Å². The minimum absolute atomic E-state index is 0.448. The summed E-state index contributed by atoms with van der Waals surface area (Å²) in [4.78, 5) is 11.0. The summed E-state index contributed by atoms with van der Waals surface area (Å²) in [5, 5.41) is 0. The van der Waals surface area contributed by atoms with Crippen molar-refractivity contribution in [3.63, 3.8) is 0 Å². The normalized spacial score (nSPS) is 10.2. The Morgan fingerprint density at radius 3 is 1.38 bits per heavy atom. The molecule has 0 fully saturated rings. The summed E-state index contributed by atoms with van der Waals surface area (Å²) < 4.78 is 11.5. The van der Waals surface area contributed by atoms with Crippen LogP contribution in [0.2, 0.25) is 0 Å². The highest BCUT2D eigenvalue weighted by atomic mass is 16.5. The first-order chi connectivity index (χ1) is 11.6. The molecule has 4 nitrogen and oxygen atoms in total. The average Bonchev–Trinajstić information content (AvgIpc) is 2.59. The highest BCUT2D eigenvalue weighted by Gasteiger charge is 2.03. The number of hydrogen-bond donors (Lipinski definition) is 1. The molecule has 0 unspecified atom stereocenters. The lowest BCUT2D eigenvalue weighted by Gasteiger charge is -2.09. The molecule has 1 amide bonds. The maximum absolute atomic E-state index is 11.0. The minimum Gasteiger partial charge on any atom is -0.457 e. The molecule has 0 aliphatic heterocycles. The van der Waals surface area contributed by atoms with Crippen molar-refractivity contribution in [2.24, 2.45) is 5.73 Å². The van der Waals surface area contributed by atoms with Crippen molar-refractivity contribution in [2.45, 2.75) is 6.92 Å². The number of primary amides is 1. The number of ether oxygens (including phenoxy) is 2. The van der Waals surface area contributed by atoms with E-state index in [-0.39, 0.29) is 0 Å². The standard InChI is InChI=1S/C20H17NO3/c1-14-2-6-16(7-3-14)23-18-10-12-19(13-11-18)24-17-8-4-15(5-9-17)20(21)22/h2-13H,1H3,(H2,21,22). The van der Waals surface area contributed by atoms with Crippen LogP contribution in [0.15, 0.2) is 72.8 Å². The van der Waals surface area contributed by atoms with Crippen LogP contribution < -0.4 is 15.2 Å². The third-order valence-electron chi connectivity index (χ3n) is 3.45. The molecule has 2 N–H and O–H groups in total. The van der Waals surface area contributed by atoms with Gasteiger partial charge in [0.05, 0.1) is 0 Å². The van der Waals surface area contributed by atoms with Crippen LogP contribution in [0.25, 0.3) is 0 Å². The van der Waals surface area contributed by atoms with Gasteiger partial charge < -0.3 is 15.2 Å². The second-order valence-corrected chi connectivity index (χ2v) is 5.38. The van der Waals surface area contributed by atoms with Gasteiger partial charge in [-0.25, -0.2) is 0 Å². The van der Waals surface area contributed by atoms with Crippen molar-refractivity contribution in [2.75, 3.05) is 0 Å². The van der Waals surface area contributed by atoms with E-state index in [2.05, 4.69) is 0 Å². The van der Waals surface area contributed by atoms with Crippen molar-refractivity contribution < 1.29 is 14.3 Å². The summed E-state index contributed by atoms with van der Waals surface area (Å²) in [5.41, 5.74) is 6.85. The van der Waals surface area contributed by atoms with E-state index in [0.29, 0.717) is 17.1 Å². The monoisotopic (exact) mass is 319 g/mol. The summed E-state index contributed by atoms with van der Waals surface area (Å²) in [7, 11) is 0. The highest BCUT2D eigenvalue weighted by molar-refractivity contribution is 5.92. The smallest absolute Gasteiger partial charge is 0.248 e. The zero-order valence-corrected chi connectivity index (χ0v) is 13.2. The molecule has 0 atom stereocenters. The molecule has 0 spiro atoms. The first-order valence-corrected chi connectivity index (χ1v) is 7.52. The Labute approximate surface area is 140 Å². The number of benzene rings is 3. The molecule has 0 heterocycles. The first kappa shape index (κ1) is 15.6. The average molecular weight is 319 g/mol. The van der Waals surface area contributed by atoms with E-state index in [1.165, 1.54) is 5.56 Å². The Morgan fingerprint density at radius 1 is 0.667 bits per heavy atom. The lowest BCUT2D eigenvalue weighted by molar-refractivity contribution is 0.100. The summed E-state index contributed by atoms with van der Waals surface area (Å²) in [6.07, 6.45) is 0. The quantitative estimate of drug-likeness (QED) is 0.743. The summed E-state index contributed by atoms with van der Waals surface area (Å²) >= 11 is 0. The Morgan fingerprint density at radius 2 is 1.00 bits per heavy atom. The number of carbonyl (C=O) groups is 1. The SMILES string of the molecule is Cc1ccc(Oc2ccc(Oc3ccc(C(N)=O)cc3)cc2)cc1. The molecular formula is C20H17NO3. The van der Waals surface area contributed by atoms with Crippen LogP contribution in [0, 0.1) is 6.92 Å². The Bertz CT molecular complexity index is 822. The lowest BCUT2D eigenvalue weighted by Crippen LogP contribution is -2.10. The van der Waals surface area contributed by atoms with Crippen LogP contribution in [0.4, 0.5) is 0 Å². The second kappa shape index (κ2) is 6.87. The van der Waals surface area contributed by atoms with E-state index in [4.69, 9.17) is 15.2 Å². The van der Waals surface area contributed by atoms with Crippen LogP contribution in [0.1, 0.15) is 15.9 Å². The van der Waals surface area contributed by atoms with Gasteiger partial charge in [-0.1, -0.05) is 17.7 Å². The van der Waals surface area contributed by atoms with E-state index in [0.717, 1.165) is 11.5 Å². The van der Waals surface area contributed by atoms with Gasteiger partial charge in [-0.15, -0.1) is 0 Å². The maximum atomic E-state index is 11.0. The minimum atomic E-state index is -0.459. The van der Waals surface area contributed by atoms with Gasteiger partial charge in [-0.2, -0.15) is 0 Å². The van der Waals surface area contributed by atoms with Gasteiger partial charge in [0.25, 0.3) is 0 Å². The molecule has 120 valence electrons. The number of carbonyl (C=O) groups excluding carboxylic acids is 1. The van der Waals surface area contributed by atoms with Crippen molar-refractivity contribution in [1.82, 2.24) is 0 Å². The molecule has 0 aliphatic rings. The van der Waals surface area contributed by atoms with E-state index < -0.39 is 5.91 Å². The van der Waals surface area contributed by atoms with Crippen LogP contribution in [0.3, 0.4) is 0 Å². The number of aryl methyl sites for hydroxylation is 1. The van der Waals surface area contributed by atoms with E-state index in [9.17, 15) is 4.79 Å². The van der Waals surface area contributed by atoms with Crippen LogP contribution in [-0.4, -0.2) is 5.91 Å². The predicted octanol–water partition coefficient (Wildman–Crippen LogP) is 4.68. The van der Waals surface area contributed by atoms with Gasteiger partial charge in [0.15, 0.2) is 0 Å². The number of rotatable bonds is 5. The zero-order valence-electron chi connectivity index (χ0n) is 13.2. The number of nitrogens with two attached hydrogens (primary N) is 1. The Hall–Kier alpha value is -3.27. The number of amides is 1. The molecule has 0 saturated carbocycles. The molecule has 0 saturated heterocycles. The molecule has 0 radical (unpaired) electrons. The summed E-state index contributed by atoms with van der Waals surface area (Å²) in [5.74, 6) is 2.37. The highest BCUT2D eigenvalue weighted by Crippen LogP contribution is 2.27. The Balaban J connectivity index is 1.65. The fraction of sp³-hybridized carbons (Fsp3) is 0.0500. The molecule has 3 aromatic carbocycles. The third-order valence-corrected chi connectivity index (χ3v) is 3.45. The van der Waals surface area contributed by atoms with Crippen LogP contribution in [-0.2, 0) is 0 Å². The van der Waals surface area contributed by atoms with E-state index >= 15 is 0 Å². The molecule has 0 aliphatic carbocycles. The molecule has 24 heavy (non-hydrogen) atoms. The molecule has 3 aromatic rings. The van der Waals surface area contributed by atoms with Gasteiger partial charge in [0.2, 0.25) is 5.91 Å². The molecule has 0 bridgehead atoms. The van der Waals surface area contributed by atoms with Crippen molar-refractivity contribution in [3.8, 4) is 23.0 Å². The third kappa shape index (κ3) is 3.93. The molecule has 3 rings (SSSR count). The first-order valence-electron chi connectivity index (χ1n) is 7.52. The topological polar surface area (TPSA) is 61.6 Å². The Kier molecular flexibility index (Phi) is 4.47. The van der Waals surface area contributed by atoms with Crippen LogP contribution >= 0.6 is 0 Å². The maximum Gasteiger partial charge on any atom is 0.248 e. The fourth-order valence-electron chi connectivity index (χ4n) is 2.14. The van der Waals surface area contributed by atoms with Crippen molar-refractivity contribution >= 4 is 5.91 Å². The lowest BCUT2D eigenvalue weighted by atomic mass is 10.2. The molecular weight excluding hydrogens is 302 g/mol. The van der Waals surface area contributed by atoms with Gasteiger partial charge in [0, 0.05) is 5.56 Å². The van der Waals surface area contributed by atoms with Crippen molar-refractivity contribution in [3.05, 3.63) is 83.9 Å². The zero-order chi connectivity index (χ0) is 16.9.